The number of carbonyl (C=O) groups is 3. The number of rotatable bonds is 4. The quantitative estimate of drug-likeness (QED) is 0.665. The van der Waals surface area contributed by atoms with E-state index in [-0.39, 0.29) is 30.3 Å². The maximum absolute atomic E-state index is 13.6. The Morgan fingerprint density at radius 3 is 2.53 bits per heavy atom. The van der Waals surface area contributed by atoms with Crippen LogP contribution in [0.5, 0.6) is 0 Å². The zero-order valence-electron chi connectivity index (χ0n) is 18.6. The van der Waals surface area contributed by atoms with Crippen LogP contribution in [0.3, 0.4) is 0 Å². The van der Waals surface area contributed by atoms with Crippen molar-refractivity contribution in [3.63, 3.8) is 0 Å². The SMILES string of the molecule is CCOC(=O)[C@@H]1CCCN(C(=O)[C@@H]2COC3(CCCCC3)N2C(=O)c2ccc(F)cc2)C1. The fourth-order valence-corrected chi connectivity index (χ4v) is 5.23. The third-order valence-electron chi connectivity index (χ3n) is 6.84. The van der Waals surface area contributed by atoms with Gasteiger partial charge >= 0.3 is 5.97 Å². The van der Waals surface area contributed by atoms with E-state index in [1.807, 2.05) is 0 Å². The van der Waals surface area contributed by atoms with Crippen LogP contribution in [0.4, 0.5) is 4.39 Å². The van der Waals surface area contributed by atoms with Gasteiger partial charge in [-0.05, 0) is 69.7 Å². The Hall–Kier alpha value is -2.48. The zero-order valence-corrected chi connectivity index (χ0v) is 18.6. The monoisotopic (exact) mass is 446 g/mol. The second kappa shape index (κ2) is 9.57. The van der Waals surface area contributed by atoms with Crippen molar-refractivity contribution in [2.75, 3.05) is 26.3 Å². The van der Waals surface area contributed by atoms with Crippen LogP contribution in [0.15, 0.2) is 24.3 Å². The molecule has 174 valence electrons. The highest BCUT2D eigenvalue weighted by Crippen LogP contribution is 2.42. The van der Waals surface area contributed by atoms with Crippen LogP contribution < -0.4 is 0 Å². The molecule has 2 aliphatic heterocycles. The summed E-state index contributed by atoms with van der Waals surface area (Å²) in [4.78, 5) is 42.7. The van der Waals surface area contributed by atoms with E-state index in [4.69, 9.17) is 9.47 Å². The van der Waals surface area contributed by atoms with Gasteiger partial charge < -0.3 is 14.4 Å². The van der Waals surface area contributed by atoms with Gasteiger partial charge in [0.05, 0.1) is 19.1 Å². The predicted octanol–water partition coefficient (Wildman–Crippen LogP) is 3.13. The van der Waals surface area contributed by atoms with E-state index in [2.05, 4.69) is 0 Å². The second-order valence-electron chi connectivity index (χ2n) is 8.89. The van der Waals surface area contributed by atoms with Crippen LogP contribution >= 0.6 is 0 Å². The van der Waals surface area contributed by atoms with Gasteiger partial charge in [0.2, 0.25) is 5.91 Å². The van der Waals surface area contributed by atoms with Crippen molar-refractivity contribution in [2.45, 2.75) is 63.6 Å². The summed E-state index contributed by atoms with van der Waals surface area (Å²) in [6.07, 6.45) is 5.65. The summed E-state index contributed by atoms with van der Waals surface area (Å²) < 4.78 is 24.8. The molecule has 0 unspecified atom stereocenters. The van der Waals surface area contributed by atoms with Crippen LogP contribution in [0, 0.1) is 11.7 Å². The molecule has 0 N–H and O–H groups in total. The third-order valence-corrected chi connectivity index (χ3v) is 6.84. The summed E-state index contributed by atoms with van der Waals surface area (Å²) >= 11 is 0. The Morgan fingerprint density at radius 1 is 1.12 bits per heavy atom. The van der Waals surface area contributed by atoms with Gasteiger partial charge in [-0.3, -0.25) is 19.3 Å². The number of amides is 2. The highest BCUT2D eigenvalue weighted by Gasteiger charge is 2.54. The van der Waals surface area contributed by atoms with E-state index in [0.29, 0.717) is 50.9 Å². The molecular formula is C24H31FN2O5. The first-order valence-electron chi connectivity index (χ1n) is 11.6. The van der Waals surface area contributed by atoms with Crippen molar-refractivity contribution in [2.24, 2.45) is 5.92 Å². The molecule has 1 saturated carbocycles. The lowest BCUT2D eigenvalue weighted by molar-refractivity contribution is -0.152. The van der Waals surface area contributed by atoms with Crippen LogP contribution in [0.2, 0.25) is 0 Å². The van der Waals surface area contributed by atoms with Crippen molar-refractivity contribution in [3.05, 3.63) is 35.6 Å². The van der Waals surface area contributed by atoms with Crippen LogP contribution in [-0.4, -0.2) is 65.7 Å². The average Bonchev–Trinajstić information content (AvgIpc) is 3.17. The first-order chi connectivity index (χ1) is 15.4. The molecule has 8 heteroatoms. The molecule has 2 saturated heterocycles. The van der Waals surface area contributed by atoms with Gasteiger partial charge in [0.25, 0.3) is 5.91 Å². The number of carbonyl (C=O) groups excluding carboxylic acids is 3. The van der Waals surface area contributed by atoms with Gasteiger partial charge in [-0.2, -0.15) is 0 Å². The number of ether oxygens (including phenoxy) is 2. The molecular weight excluding hydrogens is 415 g/mol. The van der Waals surface area contributed by atoms with E-state index >= 15 is 0 Å². The van der Waals surface area contributed by atoms with Gasteiger partial charge in [0.15, 0.2) is 0 Å². The van der Waals surface area contributed by atoms with Crippen LogP contribution in [0.1, 0.15) is 62.2 Å². The van der Waals surface area contributed by atoms with Crippen molar-refractivity contribution in [1.29, 1.82) is 0 Å². The van der Waals surface area contributed by atoms with Crippen molar-refractivity contribution < 1.29 is 28.2 Å². The Bertz CT molecular complexity index is 852. The minimum Gasteiger partial charge on any atom is -0.466 e. The summed E-state index contributed by atoms with van der Waals surface area (Å²) in [5, 5.41) is 0. The summed E-state index contributed by atoms with van der Waals surface area (Å²) in [5.74, 6) is -1.56. The summed E-state index contributed by atoms with van der Waals surface area (Å²) in [5.41, 5.74) is -0.469. The smallest absolute Gasteiger partial charge is 0.310 e. The van der Waals surface area contributed by atoms with Gasteiger partial charge in [0.1, 0.15) is 17.6 Å². The van der Waals surface area contributed by atoms with Gasteiger partial charge in [-0.25, -0.2) is 4.39 Å². The van der Waals surface area contributed by atoms with Crippen molar-refractivity contribution >= 4 is 17.8 Å². The number of likely N-dealkylation sites (tertiary alicyclic amines) is 1. The lowest BCUT2D eigenvalue weighted by atomic mass is 9.89. The predicted molar refractivity (Wildman–Crippen MR) is 114 cm³/mol. The maximum atomic E-state index is 13.6. The number of nitrogens with zero attached hydrogens (tertiary/aromatic N) is 2. The fraction of sp³-hybridized carbons (Fsp3) is 0.625. The largest absolute Gasteiger partial charge is 0.466 e. The molecule has 0 radical (unpaired) electrons. The lowest BCUT2D eigenvalue weighted by Gasteiger charge is -2.42. The standard InChI is InChI=1S/C24H31FN2O5/c1-2-31-23(30)18-7-6-14-26(15-18)22(29)20-16-32-24(12-4-3-5-13-24)27(20)21(28)17-8-10-19(25)11-9-17/h8-11,18,20H,2-7,12-16H2,1H3/t18-,20+/m1/s1. The molecule has 0 aromatic heterocycles. The molecule has 0 bridgehead atoms. The first kappa shape index (κ1) is 22.7. The molecule has 32 heavy (non-hydrogen) atoms. The van der Waals surface area contributed by atoms with Gasteiger partial charge in [-0.1, -0.05) is 6.42 Å². The van der Waals surface area contributed by atoms with Crippen molar-refractivity contribution in [3.8, 4) is 0 Å². The topological polar surface area (TPSA) is 76.2 Å². The Morgan fingerprint density at radius 2 is 1.84 bits per heavy atom. The Kier molecular flexibility index (Phi) is 6.79. The lowest BCUT2D eigenvalue weighted by Crippen LogP contribution is -2.58. The first-order valence-corrected chi connectivity index (χ1v) is 11.6. The van der Waals surface area contributed by atoms with Gasteiger partial charge in [-0.15, -0.1) is 0 Å². The number of esters is 1. The third kappa shape index (κ3) is 4.37. The maximum Gasteiger partial charge on any atom is 0.310 e. The highest BCUT2D eigenvalue weighted by atomic mass is 19.1. The summed E-state index contributed by atoms with van der Waals surface area (Å²) in [6, 6.07) is 4.65. The molecule has 1 aromatic carbocycles. The van der Waals surface area contributed by atoms with Gasteiger partial charge in [0, 0.05) is 18.7 Å². The second-order valence-corrected chi connectivity index (χ2v) is 8.89. The molecule has 1 aliphatic carbocycles. The fourth-order valence-electron chi connectivity index (χ4n) is 5.23. The molecule has 2 atom stereocenters. The number of piperidine rings is 1. The van der Waals surface area contributed by atoms with Crippen LogP contribution in [-0.2, 0) is 19.1 Å². The molecule has 4 rings (SSSR count). The summed E-state index contributed by atoms with van der Waals surface area (Å²) in [7, 11) is 0. The molecule has 3 fully saturated rings. The zero-order chi connectivity index (χ0) is 22.7. The van der Waals surface area contributed by atoms with E-state index in [1.165, 1.54) is 24.3 Å². The highest BCUT2D eigenvalue weighted by molar-refractivity contribution is 5.98. The molecule has 1 spiro atoms. The molecule has 2 heterocycles. The van der Waals surface area contributed by atoms with Crippen molar-refractivity contribution in [1.82, 2.24) is 9.80 Å². The Labute approximate surface area is 187 Å². The summed E-state index contributed by atoms with van der Waals surface area (Å²) in [6.45, 7) is 3.03. The minimum absolute atomic E-state index is 0.131. The van der Waals surface area contributed by atoms with E-state index in [1.54, 1.807) is 16.7 Å². The average molecular weight is 447 g/mol. The Balaban J connectivity index is 1.58. The number of benzene rings is 1. The number of hydrogen-bond donors (Lipinski definition) is 0. The molecule has 7 nitrogen and oxygen atoms in total. The van der Waals surface area contributed by atoms with E-state index in [9.17, 15) is 18.8 Å². The molecule has 1 aromatic rings. The van der Waals surface area contributed by atoms with Crippen LogP contribution in [0.25, 0.3) is 0 Å². The van der Waals surface area contributed by atoms with E-state index < -0.39 is 17.6 Å². The number of halogens is 1. The normalized spacial score (nSPS) is 25.1. The number of hydrogen-bond acceptors (Lipinski definition) is 5. The molecule has 2 amide bonds. The minimum atomic E-state index is -0.805. The molecule has 3 aliphatic rings. The van der Waals surface area contributed by atoms with E-state index in [0.717, 1.165) is 19.3 Å².